The molecule has 2 fully saturated rings. The Morgan fingerprint density at radius 1 is 0.838 bits per heavy atom. The van der Waals surface area contributed by atoms with E-state index in [4.69, 9.17) is 4.74 Å². The van der Waals surface area contributed by atoms with Gasteiger partial charge in [-0.1, -0.05) is 55.3 Å². The van der Waals surface area contributed by atoms with Crippen LogP contribution in [0.5, 0.6) is 5.75 Å². The van der Waals surface area contributed by atoms with Crippen molar-refractivity contribution in [2.45, 2.75) is 84.0 Å². The fourth-order valence-electron chi connectivity index (χ4n) is 6.52. The highest BCUT2D eigenvalue weighted by Gasteiger charge is 2.30. The Morgan fingerprint density at radius 2 is 1.51 bits per heavy atom. The molecule has 2 saturated carbocycles. The third-order valence-corrected chi connectivity index (χ3v) is 8.77. The molecular weight excluding hydrogens is 462 g/mol. The van der Waals surface area contributed by atoms with Gasteiger partial charge in [0.05, 0.1) is 6.61 Å². The van der Waals surface area contributed by atoms with Crippen molar-refractivity contribution in [1.82, 2.24) is 0 Å². The lowest BCUT2D eigenvalue weighted by Gasteiger charge is -2.37. The van der Waals surface area contributed by atoms with E-state index in [0.717, 1.165) is 36.5 Å². The first-order valence-corrected chi connectivity index (χ1v) is 14.6. The van der Waals surface area contributed by atoms with Gasteiger partial charge in [-0.2, -0.15) is 4.39 Å². The molecule has 2 aromatic rings. The number of benzene rings is 2. The third-order valence-electron chi connectivity index (χ3n) is 8.77. The summed E-state index contributed by atoms with van der Waals surface area (Å²) < 4.78 is 33.9. The molecule has 0 N–H and O–H groups in total. The predicted octanol–water partition coefficient (Wildman–Crippen LogP) is 10.1. The van der Waals surface area contributed by atoms with Gasteiger partial charge in [0.25, 0.3) is 0 Å². The van der Waals surface area contributed by atoms with Crippen LogP contribution in [0.3, 0.4) is 0 Å². The summed E-state index contributed by atoms with van der Waals surface area (Å²) in [5.74, 6) is 1.79. The number of halogens is 2. The van der Waals surface area contributed by atoms with E-state index in [9.17, 15) is 8.78 Å². The standard InChI is InChI=1S/C34H44F2O/c1-3-5-8-25-11-17-28(18-12-25)29-19-13-26(14-20-29)9-6-7-10-27-15-21-30(22-16-27)31-23-24-32(37-4-2)34(36)33(31)35/h3,6,9,15-16,21-26,28-29H,1,4-5,7-8,10-14,17-20H2,2H3/b9-6+. The fourth-order valence-corrected chi connectivity index (χ4v) is 6.52. The lowest BCUT2D eigenvalue weighted by Crippen LogP contribution is -2.25. The molecule has 0 radical (unpaired) electrons. The minimum Gasteiger partial charge on any atom is -0.491 e. The highest BCUT2D eigenvalue weighted by Crippen LogP contribution is 2.42. The molecule has 0 heterocycles. The Labute approximate surface area is 223 Å². The van der Waals surface area contributed by atoms with Gasteiger partial charge in [-0.05, 0) is 118 Å². The van der Waals surface area contributed by atoms with Gasteiger partial charge in [0, 0.05) is 5.56 Å². The first kappa shape index (κ1) is 27.6. The Bertz CT molecular complexity index is 1010. The van der Waals surface area contributed by atoms with Crippen LogP contribution in [-0.2, 0) is 6.42 Å². The zero-order valence-electron chi connectivity index (χ0n) is 22.6. The highest BCUT2D eigenvalue weighted by atomic mass is 19.2. The van der Waals surface area contributed by atoms with Crippen LogP contribution >= 0.6 is 0 Å². The molecule has 0 bridgehead atoms. The first-order valence-electron chi connectivity index (χ1n) is 14.6. The van der Waals surface area contributed by atoms with E-state index >= 15 is 0 Å². The van der Waals surface area contributed by atoms with Crippen molar-refractivity contribution in [2.75, 3.05) is 6.61 Å². The third kappa shape index (κ3) is 7.55. The second kappa shape index (κ2) is 13.9. The van der Waals surface area contributed by atoms with Crippen molar-refractivity contribution in [3.05, 3.63) is 78.4 Å². The van der Waals surface area contributed by atoms with Crippen LogP contribution in [0.25, 0.3) is 11.1 Å². The van der Waals surface area contributed by atoms with Crippen molar-refractivity contribution < 1.29 is 13.5 Å². The predicted molar refractivity (Wildman–Crippen MR) is 151 cm³/mol. The zero-order valence-corrected chi connectivity index (χ0v) is 22.6. The van der Waals surface area contributed by atoms with Crippen molar-refractivity contribution in [3.63, 3.8) is 0 Å². The molecule has 2 aliphatic carbocycles. The number of ether oxygens (including phenoxy) is 1. The monoisotopic (exact) mass is 506 g/mol. The minimum atomic E-state index is -0.922. The van der Waals surface area contributed by atoms with E-state index in [1.165, 1.54) is 75.8 Å². The van der Waals surface area contributed by atoms with Crippen molar-refractivity contribution >= 4 is 0 Å². The lowest BCUT2D eigenvalue weighted by molar-refractivity contribution is 0.153. The summed E-state index contributed by atoms with van der Waals surface area (Å²) in [6.45, 7) is 5.93. The van der Waals surface area contributed by atoms with Crippen LogP contribution in [0.1, 0.15) is 83.1 Å². The summed E-state index contributed by atoms with van der Waals surface area (Å²) in [7, 11) is 0. The van der Waals surface area contributed by atoms with Crippen molar-refractivity contribution in [2.24, 2.45) is 23.7 Å². The van der Waals surface area contributed by atoms with E-state index in [0.29, 0.717) is 12.2 Å². The molecule has 37 heavy (non-hydrogen) atoms. The zero-order chi connectivity index (χ0) is 26.0. The van der Waals surface area contributed by atoms with Gasteiger partial charge in [-0.3, -0.25) is 0 Å². The topological polar surface area (TPSA) is 9.23 Å². The van der Waals surface area contributed by atoms with Gasteiger partial charge in [0.15, 0.2) is 11.6 Å². The van der Waals surface area contributed by atoms with E-state index in [-0.39, 0.29) is 11.3 Å². The smallest absolute Gasteiger partial charge is 0.201 e. The second-order valence-corrected chi connectivity index (χ2v) is 11.2. The maximum absolute atomic E-state index is 14.5. The van der Waals surface area contributed by atoms with Crippen LogP contribution in [0.2, 0.25) is 0 Å². The molecule has 2 aliphatic rings. The van der Waals surface area contributed by atoms with Gasteiger partial charge < -0.3 is 4.74 Å². The Hall–Kier alpha value is -2.42. The number of rotatable bonds is 11. The molecule has 200 valence electrons. The number of hydrogen-bond donors (Lipinski definition) is 0. The Kier molecular flexibility index (Phi) is 10.4. The van der Waals surface area contributed by atoms with Crippen LogP contribution < -0.4 is 4.74 Å². The van der Waals surface area contributed by atoms with Gasteiger partial charge in [-0.25, -0.2) is 4.39 Å². The largest absolute Gasteiger partial charge is 0.491 e. The summed E-state index contributed by atoms with van der Waals surface area (Å²) in [6, 6.07) is 10.9. The molecule has 4 rings (SSSR count). The molecule has 1 nitrogen and oxygen atoms in total. The molecule has 0 atom stereocenters. The summed E-state index contributed by atoms with van der Waals surface area (Å²) >= 11 is 0. The van der Waals surface area contributed by atoms with E-state index in [2.05, 4.69) is 24.8 Å². The van der Waals surface area contributed by atoms with E-state index < -0.39 is 11.6 Å². The quantitative estimate of drug-likeness (QED) is 0.275. The van der Waals surface area contributed by atoms with Gasteiger partial charge >= 0.3 is 0 Å². The number of hydrogen-bond acceptors (Lipinski definition) is 1. The molecule has 0 aromatic heterocycles. The summed E-state index contributed by atoms with van der Waals surface area (Å²) in [4.78, 5) is 0. The maximum Gasteiger partial charge on any atom is 0.201 e. The highest BCUT2D eigenvalue weighted by molar-refractivity contribution is 5.65. The van der Waals surface area contributed by atoms with E-state index in [1.807, 2.05) is 24.3 Å². The molecule has 0 amide bonds. The first-order chi connectivity index (χ1) is 18.1. The molecule has 0 spiro atoms. The normalized spacial score (nSPS) is 24.3. The van der Waals surface area contributed by atoms with Crippen LogP contribution in [0.4, 0.5) is 8.78 Å². The summed E-state index contributed by atoms with van der Waals surface area (Å²) in [5, 5.41) is 0. The number of aryl methyl sites for hydroxylation is 1. The minimum absolute atomic E-state index is 0.0392. The maximum atomic E-state index is 14.5. The van der Waals surface area contributed by atoms with Gasteiger partial charge in [-0.15, -0.1) is 6.58 Å². The summed E-state index contributed by atoms with van der Waals surface area (Å²) in [6.07, 6.45) is 22.7. The molecular formula is C34H44F2O. The van der Waals surface area contributed by atoms with Crippen LogP contribution in [0.15, 0.2) is 61.2 Å². The molecule has 0 unspecified atom stereocenters. The fraction of sp³-hybridized carbons (Fsp3) is 0.529. The van der Waals surface area contributed by atoms with E-state index in [1.54, 1.807) is 13.0 Å². The van der Waals surface area contributed by atoms with Crippen LogP contribution in [-0.4, -0.2) is 6.61 Å². The van der Waals surface area contributed by atoms with Gasteiger partial charge in [0.1, 0.15) is 0 Å². The second-order valence-electron chi connectivity index (χ2n) is 11.2. The van der Waals surface area contributed by atoms with Crippen molar-refractivity contribution in [3.8, 4) is 16.9 Å². The molecule has 3 heteroatoms. The molecule has 0 aliphatic heterocycles. The van der Waals surface area contributed by atoms with Crippen molar-refractivity contribution in [1.29, 1.82) is 0 Å². The SMILES string of the molecule is C=CCCC1CCC(C2CCC(/C=C/CCc3ccc(-c4ccc(OCC)c(F)c4F)cc3)CC2)CC1. The number of allylic oxidation sites excluding steroid dienone is 3. The molecule has 0 saturated heterocycles. The Balaban J connectivity index is 1.18. The Morgan fingerprint density at radius 3 is 2.16 bits per heavy atom. The lowest BCUT2D eigenvalue weighted by atomic mass is 9.68. The average molecular weight is 507 g/mol. The van der Waals surface area contributed by atoms with Crippen LogP contribution in [0, 0.1) is 35.3 Å². The summed E-state index contributed by atoms with van der Waals surface area (Å²) in [5.41, 5.74) is 2.16. The molecule has 2 aromatic carbocycles. The average Bonchev–Trinajstić information content (AvgIpc) is 2.94. The van der Waals surface area contributed by atoms with Gasteiger partial charge in [0.2, 0.25) is 5.82 Å².